The summed E-state index contributed by atoms with van der Waals surface area (Å²) in [5.74, 6) is 0. The van der Waals surface area contributed by atoms with Crippen LogP contribution in [-0.2, 0) is 16.6 Å². The highest BCUT2D eigenvalue weighted by atomic mass is 35.5. The SMILES string of the molecule is O=S(=O)(c1cc(Cl)ccc1Cl)N1CCN(Cc2ccn(-c3ccccc3)n2)CC1. The van der Waals surface area contributed by atoms with E-state index in [-0.39, 0.29) is 9.92 Å². The van der Waals surface area contributed by atoms with Gasteiger partial charge in [-0.1, -0.05) is 41.4 Å². The van der Waals surface area contributed by atoms with Gasteiger partial charge in [0.15, 0.2) is 0 Å². The summed E-state index contributed by atoms with van der Waals surface area (Å²) in [6.07, 6.45) is 1.94. The number of halogens is 2. The first-order valence-corrected chi connectivity index (χ1v) is 11.4. The van der Waals surface area contributed by atoms with Crippen molar-refractivity contribution in [2.75, 3.05) is 26.2 Å². The molecule has 0 saturated carbocycles. The quantitative estimate of drug-likeness (QED) is 0.594. The third-order valence-corrected chi connectivity index (χ3v) is 7.51. The normalized spacial score (nSPS) is 16.2. The van der Waals surface area contributed by atoms with Crippen LogP contribution in [0, 0.1) is 0 Å². The van der Waals surface area contributed by atoms with Crippen molar-refractivity contribution in [2.24, 2.45) is 0 Å². The lowest BCUT2D eigenvalue weighted by Gasteiger charge is -2.33. The predicted octanol–water partition coefficient (Wildman–Crippen LogP) is 3.69. The minimum Gasteiger partial charge on any atom is -0.295 e. The van der Waals surface area contributed by atoms with Crippen LogP contribution in [0.1, 0.15) is 5.69 Å². The highest BCUT2D eigenvalue weighted by molar-refractivity contribution is 7.89. The van der Waals surface area contributed by atoms with Crippen molar-refractivity contribution in [3.63, 3.8) is 0 Å². The fourth-order valence-corrected chi connectivity index (χ4v) is 5.50. The highest BCUT2D eigenvalue weighted by Gasteiger charge is 2.30. The molecule has 3 aromatic rings. The average molecular weight is 451 g/mol. The Morgan fingerprint density at radius 2 is 1.66 bits per heavy atom. The van der Waals surface area contributed by atoms with Gasteiger partial charge in [-0.3, -0.25) is 4.90 Å². The van der Waals surface area contributed by atoms with Crippen LogP contribution in [0.4, 0.5) is 0 Å². The van der Waals surface area contributed by atoms with E-state index >= 15 is 0 Å². The molecule has 0 spiro atoms. The van der Waals surface area contributed by atoms with Gasteiger partial charge in [0.2, 0.25) is 10.0 Å². The maximum Gasteiger partial charge on any atom is 0.244 e. The zero-order valence-electron chi connectivity index (χ0n) is 15.6. The Morgan fingerprint density at radius 3 is 2.38 bits per heavy atom. The van der Waals surface area contributed by atoms with Crippen LogP contribution in [-0.4, -0.2) is 53.6 Å². The predicted molar refractivity (Wildman–Crippen MR) is 114 cm³/mol. The number of hydrogen-bond donors (Lipinski definition) is 0. The highest BCUT2D eigenvalue weighted by Crippen LogP contribution is 2.28. The van der Waals surface area contributed by atoms with Crippen molar-refractivity contribution in [1.82, 2.24) is 19.0 Å². The van der Waals surface area contributed by atoms with Crippen LogP contribution in [0.25, 0.3) is 5.69 Å². The molecule has 0 radical (unpaired) electrons. The van der Waals surface area contributed by atoms with Gasteiger partial charge in [-0.05, 0) is 36.4 Å². The number of hydrogen-bond acceptors (Lipinski definition) is 4. The molecule has 6 nitrogen and oxygen atoms in total. The van der Waals surface area contributed by atoms with Crippen molar-refractivity contribution in [3.05, 3.63) is 76.5 Å². The van der Waals surface area contributed by atoms with Crippen LogP contribution >= 0.6 is 23.2 Å². The molecule has 0 amide bonds. The van der Waals surface area contributed by atoms with Gasteiger partial charge in [0, 0.05) is 43.9 Å². The smallest absolute Gasteiger partial charge is 0.244 e. The Hall–Kier alpha value is -1.90. The number of nitrogens with zero attached hydrogens (tertiary/aromatic N) is 4. The number of piperazine rings is 1. The molecular formula is C20H20Cl2N4O2S. The number of sulfonamides is 1. The molecular weight excluding hydrogens is 431 g/mol. The van der Waals surface area contributed by atoms with Gasteiger partial charge < -0.3 is 0 Å². The summed E-state index contributed by atoms with van der Waals surface area (Å²) < 4.78 is 29.2. The third-order valence-electron chi connectivity index (χ3n) is 4.89. The molecule has 0 N–H and O–H groups in total. The van der Waals surface area contributed by atoms with Crippen molar-refractivity contribution in [3.8, 4) is 5.69 Å². The molecule has 1 fully saturated rings. The first-order chi connectivity index (χ1) is 13.9. The lowest BCUT2D eigenvalue weighted by atomic mass is 10.3. The summed E-state index contributed by atoms with van der Waals surface area (Å²) in [6, 6.07) is 16.4. The van der Waals surface area contributed by atoms with Crippen LogP contribution in [0.2, 0.25) is 10.0 Å². The zero-order valence-corrected chi connectivity index (χ0v) is 17.9. The zero-order chi connectivity index (χ0) is 20.4. The molecule has 1 saturated heterocycles. The minimum atomic E-state index is -3.67. The summed E-state index contributed by atoms with van der Waals surface area (Å²) in [5.41, 5.74) is 1.95. The van der Waals surface area contributed by atoms with Crippen molar-refractivity contribution >= 4 is 33.2 Å². The van der Waals surface area contributed by atoms with E-state index < -0.39 is 10.0 Å². The van der Waals surface area contributed by atoms with E-state index in [0.29, 0.717) is 37.7 Å². The Labute approximate surface area is 180 Å². The fourth-order valence-electron chi connectivity index (χ4n) is 3.34. The molecule has 152 valence electrons. The van der Waals surface area contributed by atoms with Gasteiger partial charge in [0.1, 0.15) is 4.90 Å². The first kappa shape index (κ1) is 20.4. The molecule has 1 aromatic heterocycles. The maximum absolute atomic E-state index is 12.9. The van der Waals surface area contributed by atoms with E-state index in [2.05, 4.69) is 10.00 Å². The Kier molecular flexibility index (Phi) is 5.94. The van der Waals surface area contributed by atoms with Crippen LogP contribution in [0.5, 0.6) is 0 Å². The van der Waals surface area contributed by atoms with E-state index in [4.69, 9.17) is 23.2 Å². The molecule has 9 heteroatoms. The lowest BCUT2D eigenvalue weighted by Crippen LogP contribution is -2.48. The molecule has 0 bridgehead atoms. The third kappa shape index (κ3) is 4.49. The molecule has 4 rings (SSSR count). The number of benzene rings is 2. The second kappa shape index (κ2) is 8.45. The van der Waals surface area contributed by atoms with Crippen LogP contribution < -0.4 is 0 Å². The maximum atomic E-state index is 12.9. The van der Waals surface area contributed by atoms with Gasteiger partial charge in [0.05, 0.1) is 16.4 Å². The Bertz CT molecular complexity index is 1090. The number of aromatic nitrogens is 2. The Balaban J connectivity index is 1.40. The molecule has 1 aliphatic rings. The van der Waals surface area contributed by atoms with E-state index in [1.165, 1.54) is 16.4 Å². The monoisotopic (exact) mass is 450 g/mol. The summed E-state index contributed by atoms with van der Waals surface area (Å²) in [6.45, 7) is 2.70. The topological polar surface area (TPSA) is 58.4 Å². The molecule has 0 aliphatic carbocycles. The molecule has 29 heavy (non-hydrogen) atoms. The van der Waals surface area contributed by atoms with E-state index in [1.807, 2.05) is 47.3 Å². The summed E-state index contributed by atoms with van der Waals surface area (Å²) >= 11 is 12.1. The standard InChI is InChI=1S/C20H20Cl2N4O2S/c21-16-6-7-19(22)20(14-16)29(27,28)25-12-10-24(11-13-25)15-17-8-9-26(23-17)18-4-2-1-3-5-18/h1-9,14H,10-13,15H2. The van der Waals surface area contributed by atoms with Crippen molar-refractivity contribution in [2.45, 2.75) is 11.4 Å². The molecule has 0 unspecified atom stereocenters. The average Bonchev–Trinajstić information content (AvgIpc) is 3.19. The van der Waals surface area contributed by atoms with Gasteiger partial charge in [-0.15, -0.1) is 0 Å². The summed E-state index contributed by atoms with van der Waals surface area (Å²) in [7, 11) is -3.67. The van der Waals surface area contributed by atoms with E-state index in [9.17, 15) is 8.42 Å². The molecule has 1 aliphatic heterocycles. The largest absolute Gasteiger partial charge is 0.295 e. The van der Waals surface area contributed by atoms with Gasteiger partial charge in [-0.2, -0.15) is 9.40 Å². The van der Waals surface area contributed by atoms with Crippen molar-refractivity contribution < 1.29 is 8.42 Å². The van der Waals surface area contributed by atoms with E-state index in [0.717, 1.165) is 11.4 Å². The second-order valence-electron chi connectivity index (χ2n) is 6.84. The summed E-state index contributed by atoms with van der Waals surface area (Å²) in [4.78, 5) is 2.25. The Morgan fingerprint density at radius 1 is 0.931 bits per heavy atom. The number of rotatable bonds is 5. The first-order valence-electron chi connectivity index (χ1n) is 9.21. The molecule has 2 aromatic carbocycles. The van der Waals surface area contributed by atoms with Crippen LogP contribution in [0.15, 0.2) is 65.7 Å². The molecule has 0 atom stereocenters. The lowest BCUT2D eigenvalue weighted by molar-refractivity contribution is 0.179. The number of para-hydroxylation sites is 1. The van der Waals surface area contributed by atoms with Crippen LogP contribution in [0.3, 0.4) is 0 Å². The minimum absolute atomic E-state index is 0.0571. The fraction of sp³-hybridized carbons (Fsp3) is 0.250. The second-order valence-corrected chi connectivity index (χ2v) is 9.59. The van der Waals surface area contributed by atoms with Crippen molar-refractivity contribution in [1.29, 1.82) is 0 Å². The summed E-state index contributed by atoms with van der Waals surface area (Å²) in [5, 5.41) is 5.15. The molecule has 2 heterocycles. The van der Waals surface area contributed by atoms with Gasteiger partial charge in [0.25, 0.3) is 0 Å². The van der Waals surface area contributed by atoms with E-state index in [1.54, 1.807) is 6.07 Å². The van der Waals surface area contributed by atoms with Gasteiger partial charge >= 0.3 is 0 Å². The van der Waals surface area contributed by atoms with Gasteiger partial charge in [-0.25, -0.2) is 13.1 Å².